The van der Waals surface area contributed by atoms with Gasteiger partial charge in [0.05, 0.1) is 0 Å². The van der Waals surface area contributed by atoms with E-state index in [-0.39, 0.29) is 11.3 Å². The van der Waals surface area contributed by atoms with Gasteiger partial charge in [-0.15, -0.1) is 0 Å². The molecule has 0 atom stereocenters. The molecule has 0 fully saturated rings. The number of aliphatic carboxylic acids is 1. The number of aryl methyl sites for hydroxylation is 1. The minimum absolute atomic E-state index is 0.242. The second-order valence-electron chi connectivity index (χ2n) is 2.62. The number of pyridine rings is 1. The van der Waals surface area contributed by atoms with E-state index >= 15 is 0 Å². The first-order valence-electron chi connectivity index (χ1n) is 3.65. The Kier molecular flexibility index (Phi) is 2.32. The number of carboxylic acid groups (broad SMARTS) is 1. The van der Waals surface area contributed by atoms with Crippen LogP contribution in [0.1, 0.15) is 5.56 Å². The highest BCUT2D eigenvalue weighted by molar-refractivity contribution is 6.07. The first-order valence-corrected chi connectivity index (χ1v) is 3.65. The van der Waals surface area contributed by atoms with E-state index in [9.17, 15) is 9.59 Å². The quantitative estimate of drug-likeness (QED) is 0.680. The smallest absolute Gasteiger partial charge is 0.352 e. The Labute approximate surface area is 74.7 Å². The van der Waals surface area contributed by atoms with Crippen LogP contribution in [0, 0.1) is 6.92 Å². The highest BCUT2D eigenvalue weighted by Crippen LogP contribution is 1.98. The van der Waals surface area contributed by atoms with Crippen LogP contribution in [-0.4, -0.2) is 15.6 Å². The second-order valence-corrected chi connectivity index (χ2v) is 2.62. The lowest BCUT2D eigenvalue weighted by atomic mass is 10.3. The zero-order valence-electron chi connectivity index (χ0n) is 7.15. The largest absolute Gasteiger partial charge is 0.477 e. The molecule has 0 saturated heterocycles. The van der Waals surface area contributed by atoms with Crippen molar-refractivity contribution < 1.29 is 9.90 Å². The first-order chi connectivity index (χ1) is 6.04. The molecule has 4 heteroatoms. The molecule has 0 amide bonds. The van der Waals surface area contributed by atoms with E-state index in [1.807, 2.05) is 0 Å². The van der Waals surface area contributed by atoms with Crippen molar-refractivity contribution >= 4 is 11.7 Å². The predicted molar refractivity (Wildman–Crippen MR) is 48.4 cm³/mol. The zero-order chi connectivity index (χ0) is 10.0. The van der Waals surface area contributed by atoms with Crippen molar-refractivity contribution in [1.29, 1.82) is 0 Å². The minimum Gasteiger partial charge on any atom is -0.477 e. The third-order valence-electron chi connectivity index (χ3n) is 1.68. The van der Waals surface area contributed by atoms with Crippen molar-refractivity contribution in [2.24, 2.45) is 0 Å². The molecule has 0 aliphatic rings. The van der Waals surface area contributed by atoms with Crippen molar-refractivity contribution in [1.82, 2.24) is 4.57 Å². The molecule has 0 unspecified atom stereocenters. The Morgan fingerprint density at radius 1 is 1.62 bits per heavy atom. The highest BCUT2D eigenvalue weighted by Gasteiger charge is 2.08. The maximum absolute atomic E-state index is 11.4. The number of aromatic nitrogens is 1. The van der Waals surface area contributed by atoms with E-state index in [1.54, 1.807) is 19.1 Å². The van der Waals surface area contributed by atoms with Crippen molar-refractivity contribution in [3.05, 3.63) is 40.8 Å². The lowest BCUT2D eigenvalue weighted by Crippen LogP contribution is -2.23. The lowest BCUT2D eigenvalue weighted by molar-refractivity contribution is -0.130. The monoisotopic (exact) mass is 179 g/mol. The number of hydrogen-bond donors (Lipinski definition) is 1. The summed E-state index contributed by atoms with van der Waals surface area (Å²) in [5, 5.41) is 8.59. The van der Waals surface area contributed by atoms with Gasteiger partial charge < -0.3 is 5.11 Å². The Morgan fingerprint density at radius 2 is 2.23 bits per heavy atom. The van der Waals surface area contributed by atoms with Crippen LogP contribution in [0.4, 0.5) is 0 Å². The molecular weight excluding hydrogens is 170 g/mol. The predicted octanol–water partition coefficient (Wildman–Crippen LogP) is 0.712. The van der Waals surface area contributed by atoms with Gasteiger partial charge in [-0.25, -0.2) is 4.79 Å². The Balaban J connectivity index is 3.32. The third-order valence-corrected chi connectivity index (χ3v) is 1.68. The average Bonchev–Trinajstić information content (AvgIpc) is 2.08. The van der Waals surface area contributed by atoms with Crippen LogP contribution in [-0.2, 0) is 4.79 Å². The summed E-state index contributed by atoms with van der Waals surface area (Å²) in [4.78, 5) is 21.9. The summed E-state index contributed by atoms with van der Waals surface area (Å²) in [7, 11) is 0. The van der Waals surface area contributed by atoms with E-state index in [2.05, 4.69) is 6.58 Å². The van der Waals surface area contributed by atoms with Crippen LogP contribution in [0.2, 0.25) is 0 Å². The van der Waals surface area contributed by atoms with Gasteiger partial charge in [0.25, 0.3) is 5.56 Å². The molecule has 1 N–H and O–H groups in total. The molecule has 0 aliphatic carbocycles. The molecule has 1 rings (SSSR count). The SMILES string of the molecule is C=C(C(=O)O)n1cccc(C)c1=O. The number of carbonyl (C=O) groups is 1. The molecule has 0 spiro atoms. The topological polar surface area (TPSA) is 59.3 Å². The van der Waals surface area contributed by atoms with Crippen molar-refractivity contribution in [2.45, 2.75) is 6.92 Å². The fourth-order valence-corrected chi connectivity index (χ4v) is 0.918. The Bertz CT molecular complexity index is 417. The molecule has 68 valence electrons. The van der Waals surface area contributed by atoms with Gasteiger partial charge in [0, 0.05) is 11.8 Å². The van der Waals surface area contributed by atoms with Gasteiger partial charge in [-0.05, 0) is 13.0 Å². The average molecular weight is 179 g/mol. The number of carboxylic acids is 1. The van der Waals surface area contributed by atoms with Crippen LogP contribution in [0.15, 0.2) is 29.7 Å². The molecule has 0 radical (unpaired) electrons. The maximum atomic E-state index is 11.4. The van der Waals surface area contributed by atoms with Gasteiger partial charge in [0.15, 0.2) is 0 Å². The van der Waals surface area contributed by atoms with E-state index in [4.69, 9.17) is 5.11 Å². The van der Waals surface area contributed by atoms with Gasteiger partial charge in [-0.2, -0.15) is 0 Å². The van der Waals surface area contributed by atoms with Crippen LogP contribution >= 0.6 is 0 Å². The van der Waals surface area contributed by atoms with Gasteiger partial charge in [-0.3, -0.25) is 9.36 Å². The van der Waals surface area contributed by atoms with Crippen molar-refractivity contribution in [2.75, 3.05) is 0 Å². The highest BCUT2D eigenvalue weighted by atomic mass is 16.4. The second kappa shape index (κ2) is 3.26. The molecule has 0 aliphatic heterocycles. The lowest BCUT2D eigenvalue weighted by Gasteiger charge is -2.04. The molecule has 0 bridgehead atoms. The van der Waals surface area contributed by atoms with E-state index in [0.29, 0.717) is 5.56 Å². The summed E-state index contributed by atoms with van der Waals surface area (Å²) in [5.41, 5.74) is -0.103. The van der Waals surface area contributed by atoms with E-state index < -0.39 is 5.97 Å². The fourth-order valence-electron chi connectivity index (χ4n) is 0.918. The summed E-state index contributed by atoms with van der Waals surface area (Å²) >= 11 is 0. The normalized spacial score (nSPS) is 9.62. The zero-order valence-corrected chi connectivity index (χ0v) is 7.15. The number of nitrogens with zero attached hydrogens (tertiary/aromatic N) is 1. The van der Waals surface area contributed by atoms with Gasteiger partial charge in [0.1, 0.15) is 5.70 Å². The van der Waals surface area contributed by atoms with Gasteiger partial charge in [0.2, 0.25) is 0 Å². The number of rotatable bonds is 2. The summed E-state index contributed by atoms with van der Waals surface area (Å²) < 4.78 is 1.01. The summed E-state index contributed by atoms with van der Waals surface area (Å²) in [6.07, 6.45) is 1.38. The molecular formula is C9H9NO3. The molecule has 1 aromatic heterocycles. The van der Waals surface area contributed by atoms with Crippen LogP contribution in [0.25, 0.3) is 5.70 Å². The fraction of sp³-hybridized carbons (Fsp3) is 0.111. The maximum Gasteiger partial charge on any atom is 0.352 e. The third kappa shape index (κ3) is 1.66. The van der Waals surface area contributed by atoms with E-state index in [1.165, 1.54) is 6.20 Å². The van der Waals surface area contributed by atoms with Crippen LogP contribution < -0.4 is 5.56 Å². The Hall–Kier alpha value is -1.84. The van der Waals surface area contributed by atoms with Gasteiger partial charge in [-0.1, -0.05) is 12.6 Å². The van der Waals surface area contributed by atoms with E-state index in [0.717, 1.165) is 4.57 Å². The summed E-state index contributed by atoms with van der Waals surface area (Å²) in [5.74, 6) is -1.20. The molecule has 4 nitrogen and oxygen atoms in total. The van der Waals surface area contributed by atoms with Crippen LogP contribution in [0.5, 0.6) is 0 Å². The van der Waals surface area contributed by atoms with Crippen molar-refractivity contribution in [3.63, 3.8) is 0 Å². The van der Waals surface area contributed by atoms with Gasteiger partial charge >= 0.3 is 5.97 Å². The summed E-state index contributed by atoms with van der Waals surface area (Å²) in [6.45, 7) is 4.91. The standard InChI is InChI=1S/C9H9NO3/c1-6-4-3-5-10(8(6)11)7(2)9(12)13/h3-5H,2H2,1H3,(H,12,13). The number of hydrogen-bond acceptors (Lipinski definition) is 2. The molecule has 13 heavy (non-hydrogen) atoms. The Morgan fingerprint density at radius 3 is 2.77 bits per heavy atom. The minimum atomic E-state index is -1.20. The summed E-state index contributed by atoms with van der Waals surface area (Å²) in [6, 6.07) is 3.22. The molecule has 1 heterocycles. The van der Waals surface area contributed by atoms with Crippen LogP contribution in [0.3, 0.4) is 0 Å². The molecule has 1 aromatic rings. The first kappa shape index (κ1) is 9.25. The molecule has 0 saturated carbocycles. The van der Waals surface area contributed by atoms with Crippen molar-refractivity contribution in [3.8, 4) is 0 Å². The molecule has 0 aromatic carbocycles.